The molecule has 1 aromatic rings. The second-order valence-corrected chi connectivity index (χ2v) is 7.38. The highest BCUT2D eigenvalue weighted by Crippen LogP contribution is 2.34. The van der Waals surface area contributed by atoms with Gasteiger partial charge in [0.15, 0.2) is 0 Å². The van der Waals surface area contributed by atoms with Crippen molar-refractivity contribution in [2.45, 2.75) is 31.6 Å². The van der Waals surface area contributed by atoms with Crippen LogP contribution < -0.4 is 4.90 Å². The third kappa shape index (κ3) is 3.43. The van der Waals surface area contributed by atoms with Gasteiger partial charge in [0.25, 0.3) is 5.69 Å². The summed E-state index contributed by atoms with van der Waals surface area (Å²) in [4.78, 5) is 12.6. The molecule has 0 unspecified atom stereocenters. The summed E-state index contributed by atoms with van der Waals surface area (Å²) in [5, 5.41) is 20.3. The maximum absolute atomic E-state index is 10.8. The first-order chi connectivity index (χ1) is 9.43. The fourth-order valence-electron chi connectivity index (χ4n) is 2.38. The smallest absolute Gasteiger partial charge is 0.269 e. The van der Waals surface area contributed by atoms with E-state index in [4.69, 9.17) is 0 Å². The first-order valence-corrected chi connectivity index (χ1v) is 7.68. The number of nitro groups is 1. The van der Waals surface area contributed by atoms with Crippen LogP contribution in [0.3, 0.4) is 0 Å². The lowest BCUT2D eigenvalue weighted by Gasteiger charge is -2.26. The van der Waals surface area contributed by atoms with E-state index in [1.807, 2.05) is 11.8 Å². The highest BCUT2D eigenvalue weighted by atomic mass is 32.2. The summed E-state index contributed by atoms with van der Waals surface area (Å²) < 4.78 is 0.259. The van der Waals surface area contributed by atoms with E-state index >= 15 is 0 Å². The van der Waals surface area contributed by atoms with E-state index < -0.39 is 4.92 Å². The third-order valence-corrected chi connectivity index (χ3v) is 5.00. The standard InChI is InChI=1S/C14H20N2O3S/c1-14(2)5-6-15(7-8-20-14)13-4-3-12(16(18)19)9-11(13)10-17/h3-4,9,17H,5-8,10H2,1-2H3. The largest absolute Gasteiger partial charge is 0.392 e. The Morgan fingerprint density at radius 3 is 2.85 bits per heavy atom. The number of benzene rings is 1. The molecule has 110 valence electrons. The maximum atomic E-state index is 10.8. The molecule has 1 fully saturated rings. The van der Waals surface area contributed by atoms with Crippen LogP contribution in [0, 0.1) is 10.1 Å². The van der Waals surface area contributed by atoms with Gasteiger partial charge in [-0.05, 0) is 12.5 Å². The highest BCUT2D eigenvalue weighted by Gasteiger charge is 2.25. The van der Waals surface area contributed by atoms with Gasteiger partial charge in [-0.1, -0.05) is 13.8 Å². The van der Waals surface area contributed by atoms with Crippen molar-refractivity contribution in [3.63, 3.8) is 0 Å². The van der Waals surface area contributed by atoms with Gasteiger partial charge in [0, 0.05) is 47.0 Å². The third-order valence-electron chi connectivity index (χ3n) is 3.62. The summed E-state index contributed by atoms with van der Waals surface area (Å²) in [5.41, 5.74) is 1.57. The molecule has 2 rings (SSSR count). The Morgan fingerprint density at radius 2 is 2.20 bits per heavy atom. The molecule has 0 saturated carbocycles. The number of hydrogen-bond acceptors (Lipinski definition) is 5. The summed E-state index contributed by atoms with van der Waals surface area (Å²) in [7, 11) is 0. The minimum Gasteiger partial charge on any atom is -0.392 e. The van der Waals surface area contributed by atoms with Crippen LogP contribution in [-0.2, 0) is 6.61 Å². The number of nitrogens with zero attached hydrogens (tertiary/aromatic N) is 2. The van der Waals surface area contributed by atoms with Gasteiger partial charge in [-0.25, -0.2) is 0 Å². The van der Waals surface area contributed by atoms with Crippen LogP contribution in [0.2, 0.25) is 0 Å². The number of aliphatic hydroxyl groups is 1. The van der Waals surface area contributed by atoms with Crippen molar-refractivity contribution >= 4 is 23.1 Å². The predicted molar refractivity (Wildman–Crippen MR) is 82.4 cm³/mol. The minimum atomic E-state index is -0.426. The molecular formula is C14H20N2O3S. The van der Waals surface area contributed by atoms with Gasteiger partial charge >= 0.3 is 0 Å². The normalized spacial score (nSPS) is 18.6. The number of nitro benzene ring substituents is 1. The van der Waals surface area contributed by atoms with Crippen LogP contribution in [-0.4, -0.2) is 33.6 Å². The van der Waals surface area contributed by atoms with Crippen molar-refractivity contribution in [1.82, 2.24) is 0 Å². The van der Waals surface area contributed by atoms with Crippen LogP contribution in [0.1, 0.15) is 25.8 Å². The molecule has 1 heterocycles. The Labute approximate surface area is 123 Å². The Hall–Kier alpha value is -1.27. The SMILES string of the molecule is CC1(C)CCN(c2ccc([N+](=O)[O-])cc2CO)CCS1. The Bertz CT molecular complexity index is 505. The van der Waals surface area contributed by atoms with Gasteiger partial charge in [-0.2, -0.15) is 11.8 Å². The van der Waals surface area contributed by atoms with Crippen molar-refractivity contribution in [3.05, 3.63) is 33.9 Å². The molecule has 0 aliphatic carbocycles. The van der Waals surface area contributed by atoms with Crippen molar-refractivity contribution in [1.29, 1.82) is 0 Å². The molecule has 5 nitrogen and oxygen atoms in total. The molecule has 1 aliphatic heterocycles. The van der Waals surface area contributed by atoms with Crippen LogP contribution in [0.15, 0.2) is 18.2 Å². The van der Waals surface area contributed by atoms with Gasteiger partial charge in [-0.15, -0.1) is 0 Å². The zero-order chi connectivity index (χ0) is 14.8. The Kier molecular flexibility index (Phi) is 4.55. The Morgan fingerprint density at radius 1 is 1.45 bits per heavy atom. The van der Waals surface area contributed by atoms with Gasteiger partial charge in [0.1, 0.15) is 0 Å². The molecule has 0 bridgehead atoms. The predicted octanol–water partition coefficient (Wildman–Crippen LogP) is 2.81. The topological polar surface area (TPSA) is 66.6 Å². The van der Waals surface area contributed by atoms with Gasteiger partial charge in [0.2, 0.25) is 0 Å². The van der Waals surface area contributed by atoms with Crippen LogP contribution >= 0.6 is 11.8 Å². The fourth-order valence-corrected chi connectivity index (χ4v) is 3.48. The number of rotatable bonds is 3. The Balaban J connectivity index is 2.25. The van der Waals surface area contributed by atoms with Crippen molar-refractivity contribution in [3.8, 4) is 0 Å². The monoisotopic (exact) mass is 296 g/mol. The molecule has 1 aromatic carbocycles. The molecule has 1 N–H and O–H groups in total. The van der Waals surface area contributed by atoms with Crippen LogP contribution in [0.25, 0.3) is 0 Å². The number of non-ortho nitro benzene ring substituents is 1. The van der Waals surface area contributed by atoms with Gasteiger partial charge in [0.05, 0.1) is 11.5 Å². The molecule has 1 aliphatic rings. The van der Waals surface area contributed by atoms with E-state index in [1.165, 1.54) is 12.1 Å². The number of thioether (sulfide) groups is 1. The molecule has 0 atom stereocenters. The van der Waals surface area contributed by atoms with E-state index in [2.05, 4.69) is 18.7 Å². The summed E-state index contributed by atoms with van der Waals surface area (Å²) in [6, 6.07) is 4.74. The first-order valence-electron chi connectivity index (χ1n) is 6.70. The minimum absolute atomic E-state index is 0.0299. The van der Waals surface area contributed by atoms with E-state index in [9.17, 15) is 15.2 Å². The average Bonchev–Trinajstić information content (AvgIpc) is 2.59. The second-order valence-electron chi connectivity index (χ2n) is 5.57. The van der Waals surface area contributed by atoms with E-state index in [0.29, 0.717) is 5.56 Å². The van der Waals surface area contributed by atoms with Crippen LogP contribution in [0.4, 0.5) is 11.4 Å². The second kappa shape index (κ2) is 6.01. The van der Waals surface area contributed by atoms with Crippen molar-refractivity contribution in [2.75, 3.05) is 23.7 Å². The fraction of sp³-hybridized carbons (Fsp3) is 0.571. The van der Waals surface area contributed by atoms with Gasteiger partial charge < -0.3 is 10.0 Å². The molecule has 0 spiro atoms. The average molecular weight is 296 g/mol. The number of anilines is 1. The zero-order valence-corrected chi connectivity index (χ0v) is 12.7. The highest BCUT2D eigenvalue weighted by molar-refractivity contribution is 8.00. The molecular weight excluding hydrogens is 276 g/mol. The molecule has 0 aromatic heterocycles. The van der Waals surface area contributed by atoms with E-state index in [1.54, 1.807) is 6.07 Å². The molecule has 0 radical (unpaired) electrons. The quantitative estimate of drug-likeness (QED) is 0.686. The van der Waals surface area contributed by atoms with Gasteiger partial charge in [-0.3, -0.25) is 10.1 Å². The summed E-state index contributed by atoms with van der Waals surface area (Å²) in [5.74, 6) is 1.02. The first kappa shape index (κ1) is 15.1. The van der Waals surface area contributed by atoms with Crippen LogP contribution in [0.5, 0.6) is 0 Å². The maximum Gasteiger partial charge on any atom is 0.269 e. The molecule has 1 saturated heterocycles. The summed E-state index contributed by atoms with van der Waals surface area (Å²) >= 11 is 1.95. The molecule has 0 amide bonds. The zero-order valence-electron chi connectivity index (χ0n) is 11.8. The lowest BCUT2D eigenvalue weighted by molar-refractivity contribution is -0.384. The number of aliphatic hydroxyl groups excluding tert-OH is 1. The number of hydrogen-bond donors (Lipinski definition) is 1. The molecule has 20 heavy (non-hydrogen) atoms. The van der Waals surface area contributed by atoms with Crippen molar-refractivity contribution < 1.29 is 10.0 Å². The lowest BCUT2D eigenvalue weighted by atomic mass is 10.1. The lowest BCUT2D eigenvalue weighted by Crippen LogP contribution is -2.27. The van der Waals surface area contributed by atoms with E-state index in [0.717, 1.165) is 31.0 Å². The summed E-state index contributed by atoms with van der Waals surface area (Å²) in [6.07, 6.45) is 1.06. The molecule has 6 heteroatoms. The summed E-state index contributed by atoms with van der Waals surface area (Å²) in [6.45, 7) is 6.11. The van der Waals surface area contributed by atoms with E-state index in [-0.39, 0.29) is 17.0 Å². The van der Waals surface area contributed by atoms with Crippen molar-refractivity contribution in [2.24, 2.45) is 0 Å².